The quantitative estimate of drug-likeness (QED) is 0.620. The summed E-state index contributed by atoms with van der Waals surface area (Å²) in [7, 11) is 1.97. The van der Waals surface area contributed by atoms with Crippen LogP contribution in [-0.4, -0.2) is 56.6 Å². The fraction of sp³-hybridized carbons (Fsp3) is 0.500. The van der Waals surface area contributed by atoms with Gasteiger partial charge < -0.3 is 9.30 Å². The van der Waals surface area contributed by atoms with Gasteiger partial charge in [0.25, 0.3) is 5.56 Å². The fourth-order valence-corrected chi connectivity index (χ4v) is 5.87. The number of aromatic nitrogens is 4. The number of hydrogen-bond donors (Lipinski definition) is 0. The van der Waals surface area contributed by atoms with Crippen molar-refractivity contribution in [3.8, 4) is 0 Å². The molecule has 3 aromatic rings. The first-order chi connectivity index (χ1) is 15.9. The van der Waals surface area contributed by atoms with E-state index < -0.39 is 0 Å². The second-order valence-electron chi connectivity index (χ2n) is 10.2. The molecule has 33 heavy (non-hydrogen) atoms. The highest BCUT2D eigenvalue weighted by atomic mass is 16.5. The topological polar surface area (TPSA) is 65.2 Å². The van der Waals surface area contributed by atoms with E-state index in [1.165, 1.54) is 11.1 Å². The highest BCUT2D eigenvalue weighted by molar-refractivity contribution is 5.81. The minimum atomic E-state index is -0.221. The van der Waals surface area contributed by atoms with E-state index in [2.05, 4.69) is 48.3 Å². The highest BCUT2D eigenvalue weighted by Gasteiger charge is 2.34. The molecule has 5 heterocycles. The number of ether oxygens (including phenoxy) is 1. The zero-order valence-corrected chi connectivity index (χ0v) is 19.6. The number of allylic oxidation sites excluding steroid dienone is 2. The lowest BCUT2D eigenvalue weighted by molar-refractivity contribution is -0.0731. The van der Waals surface area contributed by atoms with Crippen molar-refractivity contribution in [2.75, 3.05) is 26.3 Å². The number of aryl methyl sites for hydroxylation is 1. The molecule has 0 aromatic carbocycles. The molecule has 1 unspecified atom stereocenters. The van der Waals surface area contributed by atoms with Crippen molar-refractivity contribution in [2.24, 2.45) is 7.05 Å². The summed E-state index contributed by atoms with van der Waals surface area (Å²) in [5.41, 5.74) is 4.36. The molecule has 3 aliphatic rings. The van der Waals surface area contributed by atoms with Crippen molar-refractivity contribution in [2.45, 2.75) is 50.6 Å². The van der Waals surface area contributed by atoms with Gasteiger partial charge in [-0.25, -0.2) is 0 Å². The Labute approximate surface area is 193 Å². The molecule has 7 nitrogen and oxygen atoms in total. The van der Waals surface area contributed by atoms with E-state index in [1.54, 1.807) is 6.20 Å². The molecule has 1 atom stereocenters. The van der Waals surface area contributed by atoms with Crippen LogP contribution in [0.1, 0.15) is 49.7 Å². The molecule has 0 saturated carbocycles. The summed E-state index contributed by atoms with van der Waals surface area (Å²) in [5, 5.41) is 6.28. The van der Waals surface area contributed by atoms with Gasteiger partial charge in [-0.15, -0.1) is 0 Å². The Hall–Kier alpha value is -2.77. The van der Waals surface area contributed by atoms with Gasteiger partial charge >= 0.3 is 0 Å². The van der Waals surface area contributed by atoms with Crippen LogP contribution in [0.3, 0.4) is 0 Å². The standard InChI is InChI=1S/C26H31N5O2/c1-17-11-26(2,12-19-14-29(3)28-24(17)19)23-10-18-4-9-31(25(32)22(18)13-27-23)20-5-7-30(8-6-20)21-15-33-16-21/h4,9-11,13-14,20-21H,5-8,12,15-16H2,1-3H3. The molecule has 2 fully saturated rings. The molecular formula is C26H31N5O2. The maximum absolute atomic E-state index is 13.4. The third-order valence-corrected chi connectivity index (χ3v) is 7.80. The van der Waals surface area contributed by atoms with Gasteiger partial charge in [-0.1, -0.05) is 13.0 Å². The van der Waals surface area contributed by atoms with Gasteiger partial charge in [0.15, 0.2) is 0 Å². The summed E-state index contributed by atoms with van der Waals surface area (Å²) in [6, 6.07) is 5.02. The van der Waals surface area contributed by atoms with Crippen LogP contribution in [0, 0.1) is 0 Å². The Balaban J connectivity index is 1.28. The van der Waals surface area contributed by atoms with Crippen LogP contribution >= 0.6 is 0 Å². The van der Waals surface area contributed by atoms with Gasteiger partial charge in [-0.2, -0.15) is 5.10 Å². The van der Waals surface area contributed by atoms with E-state index in [1.807, 2.05) is 22.5 Å². The summed E-state index contributed by atoms with van der Waals surface area (Å²) >= 11 is 0. The van der Waals surface area contributed by atoms with Crippen molar-refractivity contribution >= 4 is 16.3 Å². The molecule has 6 rings (SSSR count). The summed E-state index contributed by atoms with van der Waals surface area (Å²) in [6.07, 6.45) is 11.0. The van der Waals surface area contributed by atoms with Crippen molar-refractivity contribution in [3.05, 3.63) is 64.1 Å². The lowest BCUT2D eigenvalue weighted by Crippen LogP contribution is -2.52. The molecule has 7 heteroatoms. The predicted octanol–water partition coefficient (Wildman–Crippen LogP) is 3.08. The largest absolute Gasteiger partial charge is 0.378 e. The average molecular weight is 446 g/mol. The molecule has 0 spiro atoms. The summed E-state index contributed by atoms with van der Waals surface area (Å²) in [6.45, 7) is 8.10. The molecule has 172 valence electrons. The summed E-state index contributed by atoms with van der Waals surface area (Å²) in [5.74, 6) is 0. The first kappa shape index (κ1) is 20.8. The molecule has 2 saturated heterocycles. The summed E-state index contributed by atoms with van der Waals surface area (Å²) < 4.78 is 9.16. The first-order valence-electron chi connectivity index (χ1n) is 12.0. The first-order valence-corrected chi connectivity index (χ1v) is 12.0. The molecule has 2 aliphatic heterocycles. The van der Waals surface area contributed by atoms with E-state index >= 15 is 0 Å². The van der Waals surface area contributed by atoms with Crippen LogP contribution in [-0.2, 0) is 23.6 Å². The molecule has 0 radical (unpaired) electrons. The zero-order valence-electron chi connectivity index (χ0n) is 19.6. The molecule has 3 aromatic heterocycles. The Kier molecular flexibility index (Phi) is 4.82. The zero-order chi connectivity index (χ0) is 22.7. The maximum Gasteiger partial charge on any atom is 0.260 e. The van der Waals surface area contributed by atoms with Crippen LogP contribution in [0.2, 0.25) is 0 Å². The lowest BCUT2D eigenvalue weighted by atomic mass is 9.74. The van der Waals surface area contributed by atoms with Crippen LogP contribution < -0.4 is 5.56 Å². The number of piperidine rings is 1. The van der Waals surface area contributed by atoms with Gasteiger partial charge in [0.05, 0.1) is 36.0 Å². The molecular weight excluding hydrogens is 414 g/mol. The maximum atomic E-state index is 13.4. The van der Waals surface area contributed by atoms with Gasteiger partial charge in [-0.05, 0) is 54.8 Å². The van der Waals surface area contributed by atoms with E-state index in [4.69, 9.17) is 9.72 Å². The second kappa shape index (κ2) is 7.64. The second-order valence-corrected chi connectivity index (χ2v) is 10.2. The number of pyridine rings is 2. The Morgan fingerprint density at radius 3 is 2.70 bits per heavy atom. The molecule has 1 aliphatic carbocycles. The van der Waals surface area contributed by atoms with Crippen LogP contribution in [0.15, 0.2) is 41.6 Å². The lowest BCUT2D eigenvalue weighted by Gasteiger charge is -2.41. The number of rotatable bonds is 3. The van der Waals surface area contributed by atoms with E-state index in [0.29, 0.717) is 11.4 Å². The number of nitrogens with zero attached hydrogens (tertiary/aromatic N) is 5. The fourth-order valence-electron chi connectivity index (χ4n) is 5.87. The molecule has 0 bridgehead atoms. The van der Waals surface area contributed by atoms with Crippen molar-refractivity contribution in [1.82, 2.24) is 24.2 Å². The minimum absolute atomic E-state index is 0.0760. The average Bonchev–Trinajstić information content (AvgIpc) is 3.13. The molecule has 0 amide bonds. The van der Waals surface area contributed by atoms with Crippen molar-refractivity contribution in [3.63, 3.8) is 0 Å². The smallest absolute Gasteiger partial charge is 0.260 e. The predicted molar refractivity (Wildman–Crippen MR) is 128 cm³/mol. The number of fused-ring (bicyclic) bond motifs is 2. The van der Waals surface area contributed by atoms with E-state index in [-0.39, 0.29) is 17.0 Å². The van der Waals surface area contributed by atoms with Crippen molar-refractivity contribution in [1.29, 1.82) is 0 Å². The van der Waals surface area contributed by atoms with Crippen LogP contribution in [0.4, 0.5) is 0 Å². The number of hydrogen-bond acceptors (Lipinski definition) is 5. The van der Waals surface area contributed by atoms with Crippen molar-refractivity contribution < 1.29 is 4.74 Å². The Bertz CT molecular complexity index is 1310. The minimum Gasteiger partial charge on any atom is -0.378 e. The third kappa shape index (κ3) is 3.45. The summed E-state index contributed by atoms with van der Waals surface area (Å²) in [4.78, 5) is 20.7. The highest BCUT2D eigenvalue weighted by Crippen LogP contribution is 2.38. The van der Waals surface area contributed by atoms with Crippen LogP contribution in [0.5, 0.6) is 0 Å². The van der Waals surface area contributed by atoms with Crippen LogP contribution in [0.25, 0.3) is 16.3 Å². The Morgan fingerprint density at radius 2 is 1.97 bits per heavy atom. The van der Waals surface area contributed by atoms with E-state index in [0.717, 1.165) is 62.3 Å². The van der Waals surface area contributed by atoms with Gasteiger partial charge in [0, 0.05) is 50.2 Å². The van der Waals surface area contributed by atoms with Gasteiger partial charge in [-0.3, -0.25) is 19.4 Å². The number of likely N-dealkylation sites (tertiary alicyclic amines) is 1. The van der Waals surface area contributed by atoms with Gasteiger partial charge in [0.1, 0.15) is 0 Å². The van der Waals surface area contributed by atoms with E-state index in [9.17, 15) is 4.79 Å². The normalized spacial score (nSPS) is 24.5. The van der Waals surface area contributed by atoms with Gasteiger partial charge in [0.2, 0.25) is 0 Å². The Morgan fingerprint density at radius 1 is 1.18 bits per heavy atom. The monoisotopic (exact) mass is 445 g/mol. The SMILES string of the molecule is CC1=CC(C)(c2cc3ccn(C4CCN(C5COC5)CC4)c(=O)c3cn2)Cc2cn(C)nc21. The third-order valence-electron chi connectivity index (χ3n) is 7.80. The molecule has 0 N–H and O–H groups in total.